The standard InChI is InChI=1S/C13H19N5/c1-9-12(14)13(18(4)16-9)15-10-6-5-7-11(8-10)17(2)3/h5-8,15H,14H2,1-4H3. The fraction of sp³-hybridized carbons (Fsp3) is 0.308. The van der Waals surface area contributed by atoms with Gasteiger partial charge in [0.15, 0.2) is 5.82 Å². The molecule has 0 amide bonds. The van der Waals surface area contributed by atoms with Gasteiger partial charge < -0.3 is 16.0 Å². The van der Waals surface area contributed by atoms with E-state index in [1.807, 2.05) is 40.2 Å². The van der Waals surface area contributed by atoms with Gasteiger partial charge in [0.25, 0.3) is 0 Å². The van der Waals surface area contributed by atoms with Gasteiger partial charge >= 0.3 is 0 Å². The Morgan fingerprint density at radius 1 is 1.33 bits per heavy atom. The molecule has 0 spiro atoms. The fourth-order valence-electron chi connectivity index (χ4n) is 1.82. The third kappa shape index (κ3) is 2.25. The molecule has 0 unspecified atom stereocenters. The highest BCUT2D eigenvalue weighted by molar-refractivity contribution is 5.72. The van der Waals surface area contributed by atoms with E-state index in [0.717, 1.165) is 22.9 Å². The molecule has 2 rings (SSSR count). The van der Waals surface area contributed by atoms with Gasteiger partial charge in [-0.2, -0.15) is 5.10 Å². The van der Waals surface area contributed by atoms with Crippen LogP contribution in [0.25, 0.3) is 0 Å². The number of nitrogens with zero attached hydrogens (tertiary/aromatic N) is 3. The van der Waals surface area contributed by atoms with E-state index in [0.29, 0.717) is 5.69 Å². The van der Waals surface area contributed by atoms with Crippen LogP contribution in [-0.2, 0) is 7.05 Å². The first-order valence-corrected chi connectivity index (χ1v) is 5.82. The summed E-state index contributed by atoms with van der Waals surface area (Å²) >= 11 is 0. The van der Waals surface area contributed by atoms with Crippen LogP contribution in [0.1, 0.15) is 5.69 Å². The largest absolute Gasteiger partial charge is 0.394 e. The molecule has 5 nitrogen and oxygen atoms in total. The molecule has 0 saturated carbocycles. The van der Waals surface area contributed by atoms with Crippen LogP contribution >= 0.6 is 0 Å². The van der Waals surface area contributed by atoms with Crippen LogP contribution in [0, 0.1) is 6.92 Å². The van der Waals surface area contributed by atoms with Gasteiger partial charge in [0.05, 0.1) is 11.4 Å². The molecule has 0 fully saturated rings. The normalized spacial score (nSPS) is 10.4. The lowest BCUT2D eigenvalue weighted by Crippen LogP contribution is -2.09. The van der Waals surface area contributed by atoms with Gasteiger partial charge in [-0.1, -0.05) is 6.07 Å². The van der Waals surface area contributed by atoms with Gasteiger partial charge in [0, 0.05) is 32.5 Å². The van der Waals surface area contributed by atoms with Crippen molar-refractivity contribution in [2.75, 3.05) is 30.0 Å². The van der Waals surface area contributed by atoms with Gasteiger partial charge in [0.2, 0.25) is 0 Å². The highest BCUT2D eigenvalue weighted by Crippen LogP contribution is 2.26. The summed E-state index contributed by atoms with van der Waals surface area (Å²) in [6.07, 6.45) is 0. The predicted octanol–water partition coefficient (Wildman–Crippen LogP) is 2.12. The summed E-state index contributed by atoms with van der Waals surface area (Å²) < 4.78 is 1.76. The number of aryl methyl sites for hydroxylation is 2. The van der Waals surface area contributed by atoms with Crippen LogP contribution in [0.2, 0.25) is 0 Å². The maximum absolute atomic E-state index is 5.99. The molecule has 2 aromatic rings. The van der Waals surface area contributed by atoms with Crippen molar-refractivity contribution < 1.29 is 0 Å². The monoisotopic (exact) mass is 245 g/mol. The Balaban J connectivity index is 2.31. The van der Waals surface area contributed by atoms with E-state index in [4.69, 9.17) is 5.73 Å². The van der Waals surface area contributed by atoms with Crippen LogP contribution in [-0.4, -0.2) is 23.9 Å². The van der Waals surface area contributed by atoms with Gasteiger partial charge in [-0.3, -0.25) is 4.68 Å². The molecule has 0 bridgehead atoms. The Labute approximate surface area is 107 Å². The molecule has 1 heterocycles. The summed E-state index contributed by atoms with van der Waals surface area (Å²) in [6, 6.07) is 8.15. The van der Waals surface area contributed by atoms with E-state index in [9.17, 15) is 0 Å². The minimum atomic E-state index is 0.688. The Bertz CT molecular complexity index is 557. The average molecular weight is 245 g/mol. The molecule has 5 heteroatoms. The molecular weight excluding hydrogens is 226 g/mol. The van der Waals surface area contributed by atoms with Crippen molar-refractivity contribution in [3.63, 3.8) is 0 Å². The van der Waals surface area contributed by atoms with Crippen LogP contribution < -0.4 is 16.0 Å². The third-order valence-electron chi connectivity index (χ3n) is 2.89. The van der Waals surface area contributed by atoms with Crippen LogP contribution in [0.15, 0.2) is 24.3 Å². The second-order valence-corrected chi connectivity index (χ2v) is 4.54. The van der Waals surface area contributed by atoms with Crippen molar-refractivity contribution in [1.29, 1.82) is 0 Å². The molecular formula is C13H19N5. The number of nitrogens with one attached hydrogen (secondary N) is 1. The Morgan fingerprint density at radius 2 is 2.06 bits per heavy atom. The van der Waals surface area contributed by atoms with Gasteiger partial charge in [-0.25, -0.2) is 0 Å². The quantitative estimate of drug-likeness (QED) is 0.869. The summed E-state index contributed by atoms with van der Waals surface area (Å²) in [4.78, 5) is 2.06. The van der Waals surface area contributed by atoms with E-state index in [1.165, 1.54) is 0 Å². The van der Waals surface area contributed by atoms with Crippen molar-refractivity contribution in [3.8, 4) is 0 Å². The van der Waals surface area contributed by atoms with Crippen molar-refractivity contribution in [2.24, 2.45) is 7.05 Å². The Kier molecular flexibility index (Phi) is 3.14. The summed E-state index contributed by atoms with van der Waals surface area (Å²) in [5.41, 5.74) is 9.65. The maximum atomic E-state index is 5.99. The fourth-order valence-corrected chi connectivity index (χ4v) is 1.82. The average Bonchev–Trinajstić information content (AvgIpc) is 2.56. The zero-order valence-corrected chi connectivity index (χ0v) is 11.2. The summed E-state index contributed by atoms with van der Waals surface area (Å²) in [5.74, 6) is 0.823. The third-order valence-corrected chi connectivity index (χ3v) is 2.89. The number of aromatic nitrogens is 2. The minimum Gasteiger partial charge on any atom is -0.394 e. The summed E-state index contributed by atoms with van der Waals surface area (Å²) in [7, 11) is 5.91. The van der Waals surface area contributed by atoms with Crippen LogP contribution in [0.5, 0.6) is 0 Å². The number of nitrogen functional groups attached to an aromatic ring is 1. The van der Waals surface area contributed by atoms with Gasteiger partial charge in [-0.05, 0) is 25.1 Å². The number of rotatable bonds is 3. The second kappa shape index (κ2) is 4.60. The second-order valence-electron chi connectivity index (χ2n) is 4.54. The van der Waals surface area contributed by atoms with Crippen molar-refractivity contribution in [3.05, 3.63) is 30.0 Å². The highest BCUT2D eigenvalue weighted by Gasteiger charge is 2.10. The lowest BCUT2D eigenvalue weighted by molar-refractivity contribution is 0.765. The molecule has 96 valence electrons. The first-order valence-electron chi connectivity index (χ1n) is 5.82. The van der Waals surface area contributed by atoms with E-state index in [2.05, 4.69) is 27.4 Å². The van der Waals surface area contributed by atoms with E-state index < -0.39 is 0 Å². The molecule has 0 aliphatic carbocycles. The van der Waals surface area contributed by atoms with Gasteiger partial charge in [-0.15, -0.1) is 0 Å². The van der Waals surface area contributed by atoms with Crippen LogP contribution in [0.3, 0.4) is 0 Å². The summed E-state index contributed by atoms with van der Waals surface area (Å²) in [6.45, 7) is 1.90. The molecule has 1 aromatic heterocycles. The molecule has 0 atom stereocenters. The zero-order valence-electron chi connectivity index (χ0n) is 11.2. The molecule has 3 N–H and O–H groups in total. The Morgan fingerprint density at radius 3 is 2.61 bits per heavy atom. The Hall–Kier alpha value is -2.17. The first-order chi connectivity index (χ1) is 8.49. The molecule has 18 heavy (non-hydrogen) atoms. The predicted molar refractivity (Wildman–Crippen MR) is 76.4 cm³/mol. The number of hydrogen-bond acceptors (Lipinski definition) is 4. The summed E-state index contributed by atoms with van der Waals surface area (Å²) in [5, 5.41) is 7.59. The number of benzene rings is 1. The zero-order chi connectivity index (χ0) is 13.3. The first kappa shape index (κ1) is 12.3. The number of hydrogen-bond donors (Lipinski definition) is 2. The SMILES string of the molecule is Cc1nn(C)c(Nc2cccc(N(C)C)c2)c1N. The highest BCUT2D eigenvalue weighted by atomic mass is 15.3. The molecule has 0 radical (unpaired) electrons. The van der Waals surface area contributed by atoms with E-state index in [-0.39, 0.29) is 0 Å². The topological polar surface area (TPSA) is 59.1 Å². The number of nitrogens with two attached hydrogens (primary N) is 1. The van der Waals surface area contributed by atoms with Crippen LogP contribution in [0.4, 0.5) is 22.9 Å². The van der Waals surface area contributed by atoms with E-state index in [1.54, 1.807) is 4.68 Å². The molecule has 1 aromatic carbocycles. The lowest BCUT2D eigenvalue weighted by atomic mass is 10.2. The minimum absolute atomic E-state index is 0.688. The lowest BCUT2D eigenvalue weighted by Gasteiger charge is -2.14. The smallest absolute Gasteiger partial charge is 0.152 e. The maximum Gasteiger partial charge on any atom is 0.152 e. The van der Waals surface area contributed by atoms with Gasteiger partial charge in [0.1, 0.15) is 0 Å². The van der Waals surface area contributed by atoms with Crippen molar-refractivity contribution in [1.82, 2.24) is 9.78 Å². The molecule has 0 saturated heterocycles. The van der Waals surface area contributed by atoms with Crippen molar-refractivity contribution in [2.45, 2.75) is 6.92 Å². The number of anilines is 4. The van der Waals surface area contributed by atoms with E-state index >= 15 is 0 Å². The molecule has 0 aliphatic heterocycles. The molecule has 0 aliphatic rings. The van der Waals surface area contributed by atoms with Crippen molar-refractivity contribution >= 4 is 22.9 Å².